The van der Waals surface area contributed by atoms with Crippen molar-refractivity contribution in [1.82, 2.24) is 36.0 Å². The topological polar surface area (TPSA) is 175 Å². The number of tetrazole rings is 2. The van der Waals surface area contributed by atoms with Gasteiger partial charge >= 0.3 is 110 Å². The average Bonchev–Trinajstić information content (AvgIpc) is 2.72. The minimum atomic E-state index is 0. The van der Waals surface area contributed by atoms with Gasteiger partial charge in [0.05, 0.1) is 0 Å². The summed E-state index contributed by atoms with van der Waals surface area (Å²) in [5.41, 5.74) is 0. The molecule has 0 bridgehead atoms. The van der Waals surface area contributed by atoms with Gasteiger partial charge in [0.25, 0.3) is 0 Å². The molecule has 6 radical (unpaired) electrons. The molecule has 14 heteroatoms. The van der Waals surface area contributed by atoms with E-state index < -0.39 is 0 Å². The molecular formula is C2H4N10O2Pb2. The Morgan fingerprint density at radius 3 is 1.44 bits per heavy atom. The van der Waals surface area contributed by atoms with Crippen molar-refractivity contribution < 1.29 is 11.0 Å². The second-order valence-electron chi connectivity index (χ2n) is 1.98. The molecule has 82 valence electrons. The molecule has 2 aromatic rings. The van der Waals surface area contributed by atoms with Gasteiger partial charge in [0, 0.05) is 0 Å². The molecule has 0 fully saturated rings. The molecule has 0 saturated carbocycles. The summed E-state index contributed by atoms with van der Waals surface area (Å²) < 4.78 is 3.06. The first-order chi connectivity index (χ1) is 6.77. The molecular weight excluding hydrogens is 610 g/mol. The maximum atomic E-state index is 3.81. The summed E-state index contributed by atoms with van der Waals surface area (Å²) in [5, 5.41) is 29.1. The summed E-state index contributed by atoms with van der Waals surface area (Å²) in [5.74, 6) is 0.725. The van der Waals surface area contributed by atoms with Crippen LogP contribution in [-0.4, -0.2) is 99.1 Å². The molecule has 0 aliphatic rings. The molecule has 0 saturated heterocycles. The van der Waals surface area contributed by atoms with Gasteiger partial charge in [-0.3, -0.25) is 0 Å². The summed E-state index contributed by atoms with van der Waals surface area (Å²) in [6.45, 7) is 0. The molecule has 16 heavy (non-hydrogen) atoms. The van der Waals surface area contributed by atoms with Crippen LogP contribution in [-0.2, 0) is 0 Å². The molecule has 0 spiro atoms. The van der Waals surface area contributed by atoms with Crippen LogP contribution in [0.25, 0.3) is 0 Å². The first-order valence-electron chi connectivity index (χ1n) is 3.19. The van der Waals surface area contributed by atoms with Gasteiger partial charge in [-0.05, 0) is 0 Å². The van der Waals surface area contributed by atoms with Crippen molar-refractivity contribution >= 4 is 64.0 Å². The maximum absolute atomic E-state index is 3.81. The quantitative estimate of drug-likeness (QED) is 0.249. The standard InChI is InChI=1S/C2N10.2H2O.2Pb/c3(1-5-9-10-6-1)4-2-7-11-12-8-2;;;;/h;2*1H2;;/q-2;;;2*+1/b4-3+;;;;. The Kier molecular flexibility index (Phi) is 6.74. The molecule has 0 amide bonds. The van der Waals surface area contributed by atoms with Gasteiger partial charge < -0.3 is 11.0 Å². The van der Waals surface area contributed by atoms with Crippen molar-refractivity contribution in [1.29, 1.82) is 0 Å². The average molecular weight is 615 g/mol. The number of rotatable bonds is 2. The number of hydrogen-bond acceptors (Lipinski definition) is 8. The fraction of sp³-hybridized carbons (Fsp3) is 0. The first-order valence-corrected chi connectivity index (χ1v) is 6.67. The van der Waals surface area contributed by atoms with E-state index in [-0.39, 0.29) is 11.0 Å². The fourth-order valence-corrected chi connectivity index (χ4v) is 1.59. The van der Waals surface area contributed by atoms with Crippen LogP contribution in [0, 0.1) is 0 Å². The third-order valence-corrected chi connectivity index (χ3v) is 3.39. The van der Waals surface area contributed by atoms with Gasteiger partial charge in [0.1, 0.15) is 0 Å². The van der Waals surface area contributed by atoms with E-state index in [4.69, 9.17) is 0 Å². The fourth-order valence-electron chi connectivity index (χ4n) is 0.579. The number of aromatic nitrogens is 8. The second kappa shape index (κ2) is 6.95. The molecule has 0 aliphatic carbocycles. The Morgan fingerprint density at radius 2 is 1.19 bits per heavy atom. The number of azo groups is 1. The van der Waals surface area contributed by atoms with Crippen LogP contribution in [0.2, 0.25) is 0 Å². The van der Waals surface area contributed by atoms with Crippen molar-refractivity contribution in [3.63, 3.8) is 0 Å². The predicted octanol–water partition coefficient (Wildman–Crippen LogP) is -3.71. The van der Waals surface area contributed by atoms with E-state index in [1.165, 1.54) is 4.98 Å². The van der Waals surface area contributed by atoms with E-state index in [1.54, 1.807) is 0 Å². The molecule has 0 atom stereocenters. The zero-order valence-electron chi connectivity index (χ0n) is 7.47. The number of hydrogen-bond donors (Lipinski definition) is 0. The van der Waals surface area contributed by atoms with Gasteiger partial charge in [-0.2, -0.15) is 0 Å². The van der Waals surface area contributed by atoms with E-state index >= 15 is 0 Å². The molecule has 0 aromatic carbocycles. The molecule has 2 rings (SSSR count). The molecule has 12 nitrogen and oxygen atoms in total. The summed E-state index contributed by atoms with van der Waals surface area (Å²) in [4.78, 5) is 0. The van der Waals surface area contributed by atoms with Crippen LogP contribution in [0.15, 0.2) is 10.2 Å². The van der Waals surface area contributed by atoms with Gasteiger partial charge in [-0.15, -0.1) is 0 Å². The van der Waals surface area contributed by atoms with E-state index in [9.17, 15) is 0 Å². The minimum absolute atomic E-state index is 0. The summed E-state index contributed by atoms with van der Waals surface area (Å²) >= 11 is 1.31. The van der Waals surface area contributed by atoms with E-state index in [0.717, 1.165) is 0 Å². The summed E-state index contributed by atoms with van der Waals surface area (Å²) in [6, 6.07) is 0. The van der Waals surface area contributed by atoms with E-state index in [1.807, 2.05) is 0 Å². The van der Waals surface area contributed by atoms with Crippen molar-refractivity contribution in [2.45, 2.75) is 0 Å². The van der Waals surface area contributed by atoms with Crippen molar-refractivity contribution in [3.8, 4) is 0 Å². The Bertz CT molecular complexity index is 421. The molecule has 0 unspecified atom stereocenters. The summed E-state index contributed by atoms with van der Waals surface area (Å²) in [7, 11) is 0. The Hall–Kier alpha value is -0.496. The van der Waals surface area contributed by atoms with Crippen LogP contribution in [0.4, 0.5) is 11.9 Å². The molecule has 4 N–H and O–H groups in total. The van der Waals surface area contributed by atoms with Crippen molar-refractivity contribution in [2.24, 2.45) is 10.2 Å². The SMILES string of the molecule is O.O.[Pb][n]1nnnc1/N=N/c1nnn[n]1[Pb]. The van der Waals surface area contributed by atoms with E-state index in [2.05, 4.69) is 41.3 Å². The van der Waals surface area contributed by atoms with E-state index in [0.29, 0.717) is 64.0 Å². The van der Waals surface area contributed by atoms with Gasteiger partial charge in [-0.1, -0.05) is 0 Å². The third-order valence-electron chi connectivity index (χ3n) is 1.13. The predicted molar refractivity (Wildman–Crippen MR) is 49.3 cm³/mol. The monoisotopic (exact) mass is 616 g/mol. The van der Waals surface area contributed by atoms with Crippen molar-refractivity contribution in [2.75, 3.05) is 0 Å². The molecule has 2 heterocycles. The Balaban J connectivity index is 0.00000112. The first kappa shape index (κ1) is 15.5. The molecule has 0 aliphatic heterocycles. The Morgan fingerprint density at radius 1 is 0.812 bits per heavy atom. The van der Waals surface area contributed by atoms with Crippen LogP contribution < -0.4 is 0 Å². The van der Waals surface area contributed by atoms with Crippen LogP contribution in [0.3, 0.4) is 0 Å². The summed E-state index contributed by atoms with van der Waals surface area (Å²) in [6.07, 6.45) is 0. The normalized spacial score (nSPS) is 9.88. The van der Waals surface area contributed by atoms with Crippen LogP contribution in [0.1, 0.15) is 0 Å². The number of nitrogens with zero attached hydrogens (tertiary/aromatic N) is 10. The van der Waals surface area contributed by atoms with Crippen molar-refractivity contribution in [3.05, 3.63) is 0 Å². The van der Waals surface area contributed by atoms with Crippen LogP contribution in [0.5, 0.6) is 0 Å². The van der Waals surface area contributed by atoms with Gasteiger partial charge in [0.15, 0.2) is 0 Å². The Labute approximate surface area is 120 Å². The van der Waals surface area contributed by atoms with Crippen LogP contribution >= 0.6 is 0 Å². The van der Waals surface area contributed by atoms with Gasteiger partial charge in [0.2, 0.25) is 0 Å². The molecule has 2 aromatic heterocycles. The third kappa shape index (κ3) is 3.52. The second-order valence-corrected chi connectivity index (χ2v) is 5.27. The van der Waals surface area contributed by atoms with Gasteiger partial charge in [-0.25, -0.2) is 0 Å². The zero-order valence-corrected chi connectivity index (χ0v) is 15.2. The zero-order chi connectivity index (χ0) is 9.97.